The number of nitrogens with zero attached hydrogens (tertiary/aromatic N) is 3. The number of nitriles is 1. The van der Waals surface area contributed by atoms with Crippen molar-refractivity contribution in [2.75, 3.05) is 0 Å². The van der Waals surface area contributed by atoms with Gasteiger partial charge in [-0.25, -0.2) is 9.78 Å². The van der Waals surface area contributed by atoms with E-state index in [-0.39, 0.29) is 24.2 Å². The highest BCUT2D eigenvalue weighted by atomic mass is 32.1. The summed E-state index contributed by atoms with van der Waals surface area (Å²) < 4.78 is 7.16. The number of esters is 1. The number of hydrogen-bond donors (Lipinski definition) is 0. The van der Waals surface area contributed by atoms with Crippen molar-refractivity contribution < 1.29 is 9.53 Å². The number of thiophene rings is 1. The van der Waals surface area contributed by atoms with E-state index >= 15 is 0 Å². The van der Waals surface area contributed by atoms with Gasteiger partial charge in [-0.1, -0.05) is 24.6 Å². The molecule has 1 saturated carbocycles. The summed E-state index contributed by atoms with van der Waals surface area (Å²) in [6, 6.07) is 9.32. The van der Waals surface area contributed by atoms with Gasteiger partial charge in [0.15, 0.2) is 0 Å². The van der Waals surface area contributed by atoms with Gasteiger partial charge in [-0.2, -0.15) is 5.26 Å². The van der Waals surface area contributed by atoms with Gasteiger partial charge in [0.25, 0.3) is 5.56 Å². The lowest BCUT2D eigenvalue weighted by atomic mass is 9.98. The van der Waals surface area contributed by atoms with Gasteiger partial charge in [0.1, 0.15) is 15.8 Å². The SMILES string of the molecule is Cc1c(C(=O)OC2CCCCC2)sc2ncn(Cc3ccccc3C#N)c(=O)c12. The van der Waals surface area contributed by atoms with Gasteiger partial charge in [-0.15, -0.1) is 11.3 Å². The quantitative estimate of drug-likeness (QED) is 0.606. The molecule has 3 aromatic rings. The first-order valence-electron chi connectivity index (χ1n) is 9.76. The highest BCUT2D eigenvalue weighted by Crippen LogP contribution is 2.29. The predicted molar refractivity (Wildman–Crippen MR) is 111 cm³/mol. The Morgan fingerprint density at radius 3 is 2.83 bits per heavy atom. The van der Waals surface area contributed by atoms with Crippen LogP contribution in [0.1, 0.15) is 58.5 Å². The minimum Gasteiger partial charge on any atom is -0.458 e. The van der Waals surface area contributed by atoms with Crippen molar-refractivity contribution in [2.24, 2.45) is 0 Å². The van der Waals surface area contributed by atoms with Crippen LogP contribution in [0.2, 0.25) is 0 Å². The van der Waals surface area contributed by atoms with Crippen LogP contribution in [0.4, 0.5) is 0 Å². The van der Waals surface area contributed by atoms with E-state index in [0.29, 0.717) is 26.2 Å². The third-order valence-electron chi connectivity index (χ3n) is 5.41. The minimum absolute atomic E-state index is 0.0343. The van der Waals surface area contributed by atoms with Gasteiger partial charge in [-0.05, 0) is 49.8 Å². The summed E-state index contributed by atoms with van der Waals surface area (Å²) in [5.41, 5.74) is 1.68. The van der Waals surface area contributed by atoms with Crippen molar-refractivity contribution in [1.29, 1.82) is 5.26 Å². The van der Waals surface area contributed by atoms with Gasteiger partial charge < -0.3 is 4.74 Å². The summed E-state index contributed by atoms with van der Waals surface area (Å²) in [5, 5.41) is 9.72. The van der Waals surface area contributed by atoms with Crippen LogP contribution in [0.5, 0.6) is 0 Å². The molecule has 1 aliphatic carbocycles. The standard InChI is InChI=1S/C22H21N3O3S/c1-14-18-20(29-19(14)22(27)28-17-9-3-2-4-10-17)24-13-25(21(18)26)12-16-8-6-5-7-15(16)11-23/h5-8,13,17H,2-4,9-10,12H2,1H3. The maximum atomic E-state index is 13.1. The van der Waals surface area contributed by atoms with E-state index in [1.165, 1.54) is 28.7 Å². The Kier molecular flexibility index (Phi) is 5.45. The highest BCUT2D eigenvalue weighted by Gasteiger charge is 2.24. The van der Waals surface area contributed by atoms with Crippen molar-refractivity contribution >= 4 is 27.5 Å². The molecule has 0 saturated heterocycles. The van der Waals surface area contributed by atoms with Gasteiger partial charge >= 0.3 is 5.97 Å². The van der Waals surface area contributed by atoms with Gasteiger partial charge in [0.2, 0.25) is 0 Å². The first-order valence-corrected chi connectivity index (χ1v) is 10.6. The lowest BCUT2D eigenvalue weighted by Crippen LogP contribution is -2.22. The lowest BCUT2D eigenvalue weighted by molar-refractivity contribution is 0.0216. The first-order chi connectivity index (χ1) is 14.1. The smallest absolute Gasteiger partial charge is 0.348 e. The van der Waals surface area contributed by atoms with Gasteiger partial charge in [0, 0.05) is 0 Å². The fourth-order valence-electron chi connectivity index (χ4n) is 3.81. The molecule has 0 bridgehead atoms. The summed E-state index contributed by atoms with van der Waals surface area (Å²) in [7, 11) is 0. The molecule has 0 atom stereocenters. The Morgan fingerprint density at radius 1 is 1.31 bits per heavy atom. The number of ether oxygens (including phenoxy) is 1. The number of benzene rings is 1. The molecule has 29 heavy (non-hydrogen) atoms. The number of aryl methyl sites for hydroxylation is 1. The number of carbonyl (C=O) groups is 1. The molecule has 2 heterocycles. The van der Waals surface area contributed by atoms with E-state index in [1.54, 1.807) is 19.1 Å². The molecule has 1 aromatic carbocycles. The second-order valence-electron chi connectivity index (χ2n) is 7.35. The molecule has 6 nitrogen and oxygen atoms in total. The largest absolute Gasteiger partial charge is 0.458 e. The molecule has 7 heteroatoms. The molecule has 0 unspecified atom stereocenters. The molecule has 0 radical (unpaired) electrons. The van der Waals surface area contributed by atoms with E-state index in [0.717, 1.165) is 31.2 Å². The van der Waals surface area contributed by atoms with Gasteiger partial charge in [0.05, 0.1) is 29.9 Å². The maximum absolute atomic E-state index is 13.1. The van der Waals surface area contributed by atoms with E-state index in [2.05, 4.69) is 11.1 Å². The molecule has 0 aliphatic heterocycles. The zero-order valence-corrected chi connectivity index (χ0v) is 17.0. The van der Waals surface area contributed by atoms with Gasteiger partial charge in [-0.3, -0.25) is 9.36 Å². The second-order valence-corrected chi connectivity index (χ2v) is 8.35. The highest BCUT2D eigenvalue weighted by molar-refractivity contribution is 7.20. The van der Waals surface area contributed by atoms with Crippen LogP contribution >= 0.6 is 11.3 Å². The Labute approximate surface area is 172 Å². The van der Waals surface area contributed by atoms with E-state index in [9.17, 15) is 14.9 Å². The van der Waals surface area contributed by atoms with Crippen LogP contribution < -0.4 is 5.56 Å². The van der Waals surface area contributed by atoms with Crippen LogP contribution in [0.15, 0.2) is 35.4 Å². The first kappa shape index (κ1) is 19.3. The second kappa shape index (κ2) is 8.18. The maximum Gasteiger partial charge on any atom is 0.348 e. The number of fused-ring (bicyclic) bond motifs is 1. The topological polar surface area (TPSA) is 85.0 Å². The Hall–Kier alpha value is -2.98. The molecule has 1 aliphatic rings. The fraction of sp³-hybridized carbons (Fsp3) is 0.364. The van der Waals surface area contributed by atoms with Crippen molar-refractivity contribution in [2.45, 2.75) is 51.7 Å². The third-order valence-corrected chi connectivity index (χ3v) is 6.59. The molecule has 1 fully saturated rings. The van der Waals surface area contributed by atoms with Crippen molar-refractivity contribution in [3.63, 3.8) is 0 Å². The molecule has 0 N–H and O–H groups in total. The summed E-state index contributed by atoms with van der Waals surface area (Å²) >= 11 is 1.21. The molecule has 2 aromatic heterocycles. The average Bonchev–Trinajstić information content (AvgIpc) is 3.08. The van der Waals surface area contributed by atoms with Crippen molar-refractivity contribution in [3.05, 3.63) is 62.5 Å². The number of rotatable bonds is 4. The van der Waals surface area contributed by atoms with Crippen molar-refractivity contribution in [1.82, 2.24) is 9.55 Å². The lowest BCUT2D eigenvalue weighted by Gasteiger charge is -2.21. The molecule has 0 spiro atoms. The number of carbonyl (C=O) groups excluding carboxylic acids is 1. The van der Waals surface area contributed by atoms with Crippen molar-refractivity contribution in [3.8, 4) is 6.07 Å². The number of hydrogen-bond acceptors (Lipinski definition) is 6. The molecule has 4 rings (SSSR count). The van der Waals surface area contributed by atoms with Crippen LogP contribution in [0.25, 0.3) is 10.2 Å². The van der Waals surface area contributed by atoms with Crippen LogP contribution in [0.3, 0.4) is 0 Å². The summed E-state index contributed by atoms with van der Waals surface area (Å²) in [5.74, 6) is -0.363. The minimum atomic E-state index is -0.363. The van der Waals surface area contributed by atoms with E-state index in [4.69, 9.17) is 4.74 Å². The zero-order chi connectivity index (χ0) is 20.4. The van der Waals surface area contributed by atoms with Crippen LogP contribution in [-0.2, 0) is 11.3 Å². The fourth-order valence-corrected chi connectivity index (χ4v) is 4.83. The monoisotopic (exact) mass is 407 g/mol. The Bertz CT molecular complexity index is 1170. The normalized spacial score (nSPS) is 14.6. The van der Waals surface area contributed by atoms with E-state index in [1.807, 2.05) is 12.1 Å². The summed E-state index contributed by atoms with van der Waals surface area (Å²) in [6.45, 7) is 2.02. The molecular formula is C22H21N3O3S. The van der Waals surface area contributed by atoms with Crippen LogP contribution in [-0.4, -0.2) is 21.6 Å². The average molecular weight is 407 g/mol. The molecular weight excluding hydrogens is 386 g/mol. The summed E-state index contributed by atoms with van der Waals surface area (Å²) in [6.07, 6.45) is 6.60. The number of aromatic nitrogens is 2. The Morgan fingerprint density at radius 2 is 2.07 bits per heavy atom. The Balaban J connectivity index is 1.66. The zero-order valence-electron chi connectivity index (χ0n) is 16.2. The predicted octanol–water partition coefficient (Wildman–Crippen LogP) is 4.18. The third kappa shape index (κ3) is 3.81. The molecule has 0 amide bonds. The summed E-state index contributed by atoms with van der Waals surface area (Å²) in [4.78, 5) is 31.1. The van der Waals surface area contributed by atoms with Crippen LogP contribution in [0, 0.1) is 18.3 Å². The van der Waals surface area contributed by atoms with E-state index < -0.39 is 0 Å². The molecule has 148 valence electrons.